The Balaban J connectivity index is 2.28. The van der Waals surface area contributed by atoms with Crippen LogP contribution in [0.1, 0.15) is 101 Å². The molecule has 0 aromatic rings. The normalized spacial score (nSPS) is 26.5. The molecule has 192 valence electrons. The van der Waals surface area contributed by atoms with E-state index < -0.39 is 46.1 Å². The van der Waals surface area contributed by atoms with Crippen molar-refractivity contribution in [2.75, 3.05) is 6.61 Å². The minimum atomic E-state index is -1.05. The number of hydroxylamine groups is 4. The quantitative estimate of drug-likeness (QED) is 0.317. The Bertz CT molecular complexity index is 682. The second kappa shape index (κ2) is 9.80. The lowest BCUT2D eigenvalue weighted by Gasteiger charge is -2.52. The van der Waals surface area contributed by atoms with Gasteiger partial charge in [-0.1, -0.05) is 13.3 Å². The van der Waals surface area contributed by atoms with Crippen LogP contribution < -0.4 is 0 Å². The Labute approximate surface area is 199 Å². The Kier molecular flexibility index (Phi) is 8.32. The molecule has 2 fully saturated rings. The van der Waals surface area contributed by atoms with Crippen molar-refractivity contribution in [3.63, 3.8) is 0 Å². The lowest BCUT2D eigenvalue weighted by molar-refractivity contribution is -0.262. The number of carbonyl (C=O) groups excluding carboxylic acids is 2. The molecule has 33 heavy (non-hydrogen) atoms. The van der Waals surface area contributed by atoms with E-state index >= 15 is 0 Å². The van der Waals surface area contributed by atoms with Crippen molar-refractivity contribution in [3.8, 4) is 0 Å². The van der Waals surface area contributed by atoms with Crippen molar-refractivity contribution in [2.24, 2.45) is 11.8 Å². The van der Waals surface area contributed by atoms with Gasteiger partial charge < -0.3 is 19.9 Å². The molecule has 8 heteroatoms. The molecule has 0 aromatic carbocycles. The summed E-state index contributed by atoms with van der Waals surface area (Å²) in [5, 5.41) is 23.9. The number of nitrogens with zero attached hydrogens (tertiary/aromatic N) is 2. The lowest BCUT2D eigenvalue weighted by Crippen LogP contribution is -2.62. The van der Waals surface area contributed by atoms with Gasteiger partial charge in [-0.3, -0.25) is 9.59 Å². The summed E-state index contributed by atoms with van der Waals surface area (Å²) in [4.78, 5) is 26.7. The first-order valence-corrected chi connectivity index (χ1v) is 12.3. The van der Waals surface area contributed by atoms with Gasteiger partial charge in [-0.2, -0.15) is 10.1 Å². The number of hydrogen-bond acceptors (Lipinski definition) is 8. The van der Waals surface area contributed by atoms with Gasteiger partial charge in [0.1, 0.15) is 6.10 Å². The summed E-state index contributed by atoms with van der Waals surface area (Å²) >= 11 is 0. The molecular weight excluding hydrogens is 424 g/mol. The highest BCUT2D eigenvalue weighted by Gasteiger charge is 2.52. The summed E-state index contributed by atoms with van der Waals surface area (Å²) in [6, 6.07) is 0. The summed E-state index contributed by atoms with van der Waals surface area (Å²) in [7, 11) is 0. The number of carbonyl (C=O) groups is 2. The van der Waals surface area contributed by atoms with E-state index in [4.69, 9.17) is 9.47 Å². The van der Waals surface area contributed by atoms with Gasteiger partial charge >= 0.3 is 11.9 Å². The number of rotatable bonds is 7. The van der Waals surface area contributed by atoms with Crippen molar-refractivity contribution in [3.05, 3.63) is 0 Å². The number of esters is 2. The largest absolute Gasteiger partial charge is 0.465 e. The fourth-order valence-electron chi connectivity index (χ4n) is 5.97. The zero-order valence-corrected chi connectivity index (χ0v) is 22.1. The van der Waals surface area contributed by atoms with E-state index in [0.29, 0.717) is 25.7 Å². The predicted molar refractivity (Wildman–Crippen MR) is 125 cm³/mol. The first-order chi connectivity index (χ1) is 14.9. The van der Waals surface area contributed by atoms with Crippen LogP contribution in [-0.4, -0.2) is 67.3 Å². The molecule has 0 aliphatic carbocycles. The van der Waals surface area contributed by atoms with E-state index in [0.717, 1.165) is 12.8 Å². The Morgan fingerprint density at radius 2 is 1.24 bits per heavy atom. The number of ether oxygens (including phenoxy) is 2. The van der Waals surface area contributed by atoms with Crippen molar-refractivity contribution in [1.82, 2.24) is 10.1 Å². The van der Waals surface area contributed by atoms with Crippen LogP contribution in [0, 0.1) is 11.8 Å². The molecule has 2 aliphatic heterocycles. The van der Waals surface area contributed by atoms with Gasteiger partial charge in [-0.25, -0.2) is 0 Å². The van der Waals surface area contributed by atoms with Gasteiger partial charge in [0.2, 0.25) is 0 Å². The van der Waals surface area contributed by atoms with Crippen LogP contribution in [-0.2, 0) is 19.1 Å². The van der Waals surface area contributed by atoms with Crippen LogP contribution in [0.4, 0.5) is 0 Å². The van der Waals surface area contributed by atoms with E-state index in [1.165, 1.54) is 10.1 Å². The van der Waals surface area contributed by atoms with Gasteiger partial charge in [0.05, 0.1) is 6.61 Å². The van der Waals surface area contributed by atoms with Crippen LogP contribution in [0.5, 0.6) is 0 Å². The van der Waals surface area contributed by atoms with Crippen LogP contribution in [0.15, 0.2) is 0 Å². The van der Waals surface area contributed by atoms with Gasteiger partial charge in [-0.15, -0.1) is 0 Å². The highest BCUT2D eigenvalue weighted by Crippen LogP contribution is 2.44. The van der Waals surface area contributed by atoms with Crippen LogP contribution >= 0.6 is 0 Å². The van der Waals surface area contributed by atoms with Crippen molar-refractivity contribution >= 4 is 11.9 Å². The molecule has 1 unspecified atom stereocenters. The molecule has 2 saturated heterocycles. The van der Waals surface area contributed by atoms with Crippen molar-refractivity contribution < 1.29 is 29.5 Å². The van der Waals surface area contributed by atoms with E-state index in [-0.39, 0.29) is 12.5 Å². The number of piperidine rings is 2. The standard InChI is InChI=1S/C25H46N2O6/c1-10-11-12-32-20(28)19(17-13-22(2,3)26(30)23(4,5)14-17)21(29)33-18-15-24(6,7)27(31)25(8,9)16-18/h17-19,30-31H,10-16H2,1-9H3. The average Bonchev–Trinajstić information content (AvgIpc) is 2.63. The Morgan fingerprint density at radius 3 is 1.67 bits per heavy atom. The Morgan fingerprint density at radius 1 is 0.818 bits per heavy atom. The van der Waals surface area contributed by atoms with Gasteiger partial charge in [0, 0.05) is 35.0 Å². The van der Waals surface area contributed by atoms with Crippen molar-refractivity contribution in [2.45, 2.75) is 129 Å². The summed E-state index contributed by atoms with van der Waals surface area (Å²) in [5.41, 5.74) is -2.37. The fourth-order valence-corrected chi connectivity index (χ4v) is 5.97. The maximum absolute atomic E-state index is 13.5. The molecule has 0 aromatic heterocycles. The minimum absolute atomic E-state index is 0.272. The second-order valence-electron chi connectivity index (χ2n) is 12.5. The smallest absolute Gasteiger partial charge is 0.320 e. The zero-order chi connectivity index (χ0) is 25.4. The third-order valence-electron chi connectivity index (χ3n) is 7.28. The van der Waals surface area contributed by atoms with Crippen molar-refractivity contribution in [1.29, 1.82) is 0 Å². The SMILES string of the molecule is CCCCOC(=O)C(C(=O)OC1CC(C)(C)N(O)C(C)(C)C1)C1CC(C)(C)N(O)C(C)(C)C1. The maximum atomic E-state index is 13.5. The average molecular weight is 471 g/mol. The monoisotopic (exact) mass is 470 g/mol. The minimum Gasteiger partial charge on any atom is -0.465 e. The van der Waals surface area contributed by atoms with E-state index in [2.05, 4.69) is 0 Å². The lowest BCUT2D eigenvalue weighted by atomic mass is 9.70. The van der Waals surface area contributed by atoms with E-state index in [9.17, 15) is 20.0 Å². The fraction of sp³-hybridized carbons (Fsp3) is 0.920. The second-order valence-corrected chi connectivity index (χ2v) is 12.5. The summed E-state index contributed by atoms with van der Waals surface area (Å²) in [5.74, 6) is -2.48. The zero-order valence-electron chi connectivity index (χ0n) is 22.1. The van der Waals surface area contributed by atoms with Crippen LogP contribution in [0.3, 0.4) is 0 Å². The molecule has 0 bridgehead atoms. The van der Waals surface area contributed by atoms with E-state index in [1.54, 1.807) is 0 Å². The molecule has 0 saturated carbocycles. The Hall–Kier alpha value is -1.22. The maximum Gasteiger partial charge on any atom is 0.320 e. The number of hydrogen-bond donors (Lipinski definition) is 2. The van der Waals surface area contributed by atoms with Gasteiger partial charge in [-0.05, 0) is 80.6 Å². The van der Waals surface area contributed by atoms with Crippen LogP contribution in [0.2, 0.25) is 0 Å². The van der Waals surface area contributed by atoms with Gasteiger partial charge in [0.15, 0.2) is 5.92 Å². The first-order valence-electron chi connectivity index (χ1n) is 12.3. The summed E-state index contributed by atoms with van der Waals surface area (Å²) < 4.78 is 11.5. The predicted octanol–water partition coefficient (Wildman–Crippen LogP) is 4.56. The molecule has 2 heterocycles. The third-order valence-corrected chi connectivity index (χ3v) is 7.28. The summed E-state index contributed by atoms with van der Waals surface area (Å²) in [6.45, 7) is 17.6. The molecule has 1 atom stereocenters. The molecule has 0 spiro atoms. The van der Waals surface area contributed by atoms with Crippen LogP contribution in [0.25, 0.3) is 0 Å². The number of unbranched alkanes of at least 4 members (excludes halogenated alkanes) is 1. The third kappa shape index (κ3) is 6.27. The topological polar surface area (TPSA) is 99.5 Å². The molecular formula is C25H46N2O6. The van der Waals surface area contributed by atoms with Gasteiger partial charge in [0.25, 0.3) is 0 Å². The highest BCUT2D eigenvalue weighted by atomic mass is 16.6. The molecule has 0 amide bonds. The first kappa shape index (κ1) is 28.0. The molecule has 2 aliphatic rings. The molecule has 8 nitrogen and oxygen atoms in total. The molecule has 2 rings (SSSR count). The highest BCUT2D eigenvalue weighted by molar-refractivity contribution is 5.95. The summed E-state index contributed by atoms with van der Waals surface area (Å²) in [6.07, 6.45) is 3.04. The molecule has 0 radical (unpaired) electrons. The van der Waals surface area contributed by atoms with E-state index in [1.807, 2.05) is 62.3 Å². The molecule has 2 N–H and O–H groups in total.